The molecule has 4 rings (SSSR count). The summed E-state index contributed by atoms with van der Waals surface area (Å²) in [6.07, 6.45) is -3.28. The van der Waals surface area contributed by atoms with Crippen LogP contribution in [-0.4, -0.2) is 19.7 Å². The van der Waals surface area contributed by atoms with Gasteiger partial charge in [-0.05, 0) is 55.8 Å². The smallest absolute Gasteiger partial charge is 0.378 e. The Bertz CT molecular complexity index is 837. The average Bonchev–Trinajstić information content (AvgIpc) is 2.67. The van der Waals surface area contributed by atoms with Crippen molar-refractivity contribution in [3.63, 3.8) is 0 Å². The summed E-state index contributed by atoms with van der Waals surface area (Å²) in [6.45, 7) is 0.645. The fourth-order valence-electron chi connectivity index (χ4n) is 4.31. The summed E-state index contributed by atoms with van der Waals surface area (Å²) in [4.78, 5) is 0. The van der Waals surface area contributed by atoms with Gasteiger partial charge in [-0.2, -0.15) is 13.2 Å². The second kappa shape index (κ2) is 7.37. The number of ether oxygens (including phenoxy) is 1. The Hall–Kier alpha value is -2.12. The minimum atomic E-state index is -4.41. The zero-order valence-corrected chi connectivity index (χ0v) is 15.4. The van der Waals surface area contributed by atoms with Gasteiger partial charge in [0.2, 0.25) is 0 Å². The maximum absolute atomic E-state index is 13.4. The van der Waals surface area contributed by atoms with Crippen LogP contribution in [-0.2, 0) is 10.9 Å². The Morgan fingerprint density at radius 1 is 1.11 bits per heavy atom. The van der Waals surface area contributed by atoms with Crippen LogP contribution in [0.15, 0.2) is 42.5 Å². The molecule has 0 amide bonds. The molecule has 0 unspecified atom stereocenters. The molecule has 0 saturated carbocycles. The first-order chi connectivity index (χ1) is 13.4. The molecule has 0 aromatic heterocycles. The van der Waals surface area contributed by atoms with Gasteiger partial charge in [-0.3, -0.25) is 0 Å². The van der Waals surface area contributed by atoms with Crippen LogP contribution in [0.3, 0.4) is 0 Å². The van der Waals surface area contributed by atoms with E-state index in [1.165, 1.54) is 24.3 Å². The molecule has 2 N–H and O–H groups in total. The third kappa shape index (κ3) is 3.61. The molecule has 2 aliphatic heterocycles. The van der Waals surface area contributed by atoms with Gasteiger partial charge in [0.25, 0.3) is 0 Å². The van der Waals surface area contributed by atoms with Gasteiger partial charge in [-0.25, -0.2) is 4.39 Å². The number of alkyl halides is 3. The molecular formula is C21H22F4N2O. The highest BCUT2D eigenvalue weighted by molar-refractivity contribution is 5.58. The molecule has 150 valence electrons. The van der Waals surface area contributed by atoms with Gasteiger partial charge in [-0.15, -0.1) is 0 Å². The van der Waals surface area contributed by atoms with E-state index in [1.54, 1.807) is 12.1 Å². The third-order valence-electron chi connectivity index (χ3n) is 5.64. The molecule has 3 nitrogen and oxygen atoms in total. The fraction of sp³-hybridized carbons (Fsp3) is 0.429. The fourth-order valence-corrected chi connectivity index (χ4v) is 4.31. The van der Waals surface area contributed by atoms with Crippen LogP contribution >= 0.6 is 0 Å². The van der Waals surface area contributed by atoms with Crippen molar-refractivity contribution in [3.05, 3.63) is 65.0 Å². The van der Waals surface area contributed by atoms with E-state index in [2.05, 4.69) is 10.6 Å². The summed E-state index contributed by atoms with van der Waals surface area (Å²) in [5.41, 5.74) is 1.40. The van der Waals surface area contributed by atoms with Crippen molar-refractivity contribution >= 4 is 5.69 Å². The molecular weight excluding hydrogens is 372 g/mol. The molecule has 0 radical (unpaired) electrons. The van der Waals surface area contributed by atoms with E-state index in [1.807, 2.05) is 7.05 Å². The molecule has 1 fully saturated rings. The van der Waals surface area contributed by atoms with Crippen molar-refractivity contribution in [1.29, 1.82) is 0 Å². The van der Waals surface area contributed by atoms with E-state index in [-0.39, 0.29) is 23.9 Å². The topological polar surface area (TPSA) is 33.3 Å². The first kappa shape index (κ1) is 19.2. The Kier molecular flexibility index (Phi) is 5.05. The van der Waals surface area contributed by atoms with Crippen LogP contribution in [0.25, 0.3) is 0 Å². The minimum absolute atomic E-state index is 0.0328. The van der Waals surface area contributed by atoms with E-state index in [9.17, 15) is 17.6 Å². The lowest BCUT2D eigenvalue weighted by Gasteiger charge is -2.46. The number of anilines is 1. The van der Waals surface area contributed by atoms with E-state index in [0.717, 1.165) is 24.5 Å². The number of halogens is 4. The largest absolute Gasteiger partial charge is 0.416 e. The second-order valence-corrected chi connectivity index (χ2v) is 7.45. The quantitative estimate of drug-likeness (QED) is 0.714. The zero-order valence-electron chi connectivity index (χ0n) is 15.4. The zero-order chi connectivity index (χ0) is 19.9. The van der Waals surface area contributed by atoms with Crippen LogP contribution in [0.4, 0.5) is 23.2 Å². The lowest BCUT2D eigenvalue weighted by atomic mass is 9.76. The van der Waals surface area contributed by atoms with E-state index in [4.69, 9.17) is 4.74 Å². The standard InChI is InChI=1S/C21H22F4N2O/c1-26-11-15-7-8-16-19(12-2-5-14(22)6-3-12)27-18-9-4-13(21(23,24)25)10-17(18)20(16)28-15/h2-6,9-10,15-16,19-20,26-27H,7-8,11H2,1H3/t15-,16+,19+,20+/m1/s1. The van der Waals surface area contributed by atoms with Crippen LogP contribution < -0.4 is 10.6 Å². The molecule has 0 aliphatic carbocycles. The van der Waals surface area contributed by atoms with Crippen LogP contribution in [0.2, 0.25) is 0 Å². The summed E-state index contributed by atoms with van der Waals surface area (Å²) >= 11 is 0. The predicted octanol–water partition coefficient (Wildman–Crippen LogP) is 5.07. The van der Waals surface area contributed by atoms with Crippen molar-refractivity contribution in [1.82, 2.24) is 5.32 Å². The van der Waals surface area contributed by atoms with Gasteiger partial charge in [0.15, 0.2) is 0 Å². The molecule has 0 spiro atoms. The Morgan fingerprint density at radius 3 is 2.54 bits per heavy atom. The van der Waals surface area contributed by atoms with Crippen molar-refractivity contribution in [2.24, 2.45) is 5.92 Å². The van der Waals surface area contributed by atoms with Crippen molar-refractivity contribution in [2.75, 3.05) is 18.9 Å². The highest BCUT2D eigenvalue weighted by Crippen LogP contribution is 2.51. The van der Waals surface area contributed by atoms with Crippen molar-refractivity contribution in [2.45, 2.75) is 37.3 Å². The maximum atomic E-state index is 13.4. The van der Waals surface area contributed by atoms with Gasteiger partial charge in [0.1, 0.15) is 5.82 Å². The van der Waals surface area contributed by atoms with Crippen molar-refractivity contribution in [3.8, 4) is 0 Å². The van der Waals surface area contributed by atoms with Crippen LogP contribution in [0, 0.1) is 11.7 Å². The van der Waals surface area contributed by atoms with Crippen LogP contribution in [0.1, 0.15) is 41.7 Å². The number of rotatable bonds is 3. The lowest BCUT2D eigenvalue weighted by Crippen LogP contribution is -2.41. The number of fused-ring (bicyclic) bond motifs is 3. The number of hydrogen-bond acceptors (Lipinski definition) is 3. The highest BCUT2D eigenvalue weighted by Gasteiger charge is 2.43. The second-order valence-electron chi connectivity index (χ2n) is 7.45. The monoisotopic (exact) mass is 394 g/mol. The molecule has 1 saturated heterocycles. The van der Waals surface area contributed by atoms with E-state index >= 15 is 0 Å². The van der Waals surface area contributed by atoms with Gasteiger partial charge >= 0.3 is 6.18 Å². The first-order valence-corrected chi connectivity index (χ1v) is 9.40. The lowest BCUT2D eigenvalue weighted by molar-refractivity contribution is -0.138. The predicted molar refractivity (Wildman–Crippen MR) is 98.5 cm³/mol. The third-order valence-corrected chi connectivity index (χ3v) is 5.64. The molecule has 0 bridgehead atoms. The average molecular weight is 394 g/mol. The first-order valence-electron chi connectivity index (χ1n) is 9.40. The number of hydrogen-bond donors (Lipinski definition) is 2. The summed E-state index contributed by atoms with van der Waals surface area (Å²) in [7, 11) is 1.83. The molecule has 7 heteroatoms. The maximum Gasteiger partial charge on any atom is 0.416 e. The number of nitrogens with one attached hydrogen (secondary N) is 2. The molecule has 28 heavy (non-hydrogen) atoms. The van der Waals surface area contributed by atoms with Gasteiger partial charge < -0.3 is 15.4 Å². The van der Waals surface area contributed by atoms with E-state index < -0.39 is 17.8 Å². The Labute approximate surface area is 161 Å². The minimum Gasteiger partial charge on any atom is -0.378 e. The molecule has 2 aromatic carbocycles. The Balaban J connectivity index is 1.74. The van der Waals surface area contributed by atoms with Gasteiger partial charge in [0, 0.05) is 23.7 Å². The SMILES string of the molecule is CNC[C@H]1CC[C@@H]2[C@H](O1)c1cc(C(F)(F)F)ccc1N[C@H]2c1ccc(F)cc1. The summed E-state index contributed by atoms with van der Waals surface area (Å²) in [5, 5.41) is 6.45. The molecule has 2 heterocycles. The molecule has 2 aliphatic rings. The summed E-state index contributed by atoms with van der Waals surface area (Å²) < 4.78 is 59.4. The van der Waals surface area contributed by atoms with Gasteiger partial charge in [0.05, 0.1) is 23.8 Å². The van der Waals surface area contributed by atoms with Gasteiger partial charge in [-0.1, -0.05) is 12.1 Å². The number of likely N-dealkylation sites (N-methyl/N-ethyl adjacent to an activating group) is 1. The Morgan fingerprint density at radius 2 is 1.86 bits per heavy atom. The van der Waals surface area contributed by atoms with Crippen molar-refractivity contribution < 1.29 is 22.3 Å². The summed E-state index contributed by atoms with van der Waals surface area (Å²) in [6, 6.07) is 9.85. The van der Waals surface area contributed by atoms with E-state index in [0.29, 0.717) is 17.8 Å². The normalized spacial score (nSPS) is 26.9. The highest BCUT2D eigenvalue weighted by atomic mass is 19.4. The molecule has 4 atom stereocenters. The molecule has 2 aromatic rings. The summed E-state index contributed by atoms with van der Waals surface area (Å²) in [5.74, 6) is -0.352. The van der Waals surface area contributed by atoms with Crippen LogP contribution in [0.5, 0.6) is 0 Å². The number of benzene rings is 2.